The number of aromatic hydroxyl groups is 1. The molecule has 3 saturated carbocycles. The number of esters is 2. The average Bonchev–Trinajstić information content (AvgIpc) is 3.79. The minimum atomic E-state index is -1.27. The topological polar surface area (TPSA) is 140 Å². The highest BCUT2D eigenvalue weighted by Gasteiger charge is 2.76. The highest BCUT2D eigenvalue weighted by atomic mass is 35.5. The van der Waals surface area contributed by atoms with Crippen LogP contribution in [-0.2, 0) is 44.6 Å². The van der Waals surface area contributed by atoms with Gasteiger partial charge in [0.25, 0.3) is 0 Å². The number of anilines is 2. The molecule has 10 rings (SSSR count). The van der Waals surface area contributed by atoms with Crippen LogP contribution in [0.25, 0.3) is 21.5 Å². The van der Waals surface area contributed by atoms with E-state index in [0.717, 1.165) is 49.5 Å². The maximum Gasteiger partial charge on any atom is 0.338 e. The standard InChI is InChI=1S/C50H52Cl2N2O9/c1-26(2)14-36-37(15-27(3)55)44(62-28(4)56)45(46(58)61-5)63-41(36)17-29-16-38-42(34-12-8-6-10-32(29)34)30(19-51)21-53(38)47(59)49-23-50(24-49,25-49)48(60)54-22-31(20-52)43-35-13-9-7-11-33(35)40(57)18-39(43)54/h6-13,16,18,30-31,36-37,41,44-45,57H,1,14-15,17,19-25H2,2-5H3. The molecular formula is C50H52Cl2N2O9. The van der Waals surface area contributed by atoms with E-state index in [9.17, 15) is 29.1 Å². The Morgan fingerprint density at radius 2 is 1.30 bits per heavy atom. The van der Waals surface area contributed by atoms with Crippen LogP contribution in [0.4, 0.5) is 11.4 Å². The second-order valence-corrected chi connectivity index (χ2v) is 19.4. The molecule has 3 aliphatic heterocycles. The molecule has 3 heterocycles. The molecule has 0 spiro atoms. The van der Waals surface area contributed by atoms with Crippen LogP contribution < -0.4 is 9.80 Å². The number of hydrogen-bond donors (Lipinski definition) is 1. The van der Waals surface area contributed by atoms with Gasteiger partial charge >= 0.3 is 11.9 Å². The Morgan fingerprint density at radius 1 is 0.778 bits per heavy atom. The number of phenols is 1. The monoisotopic (exact) mass is 894 g/mol. The lowest BCUT2D eigenvalue weighted by atomic mass is 9.34. The van der Waals surface area contributed by atoms with Gasteiger partial charge in [0.1, 0.15) is 17.6 Å². The second-order valence-electron chi connectivity index (χ2n) is 18.8. The van der Waals surface area contributed by atoms with E-state index in [4.69, 9.17) is 37.4 Å². The fourth-order valence-corrected chi connectivity index (χ4v) is 12.5. The number of Topliss-reactive ketones (excluding diaryl/α,β-unsaturated/α-hetero) is 1. The van der Waals surface area contributed by atoms with Crippen molar-refractivity contribution in [3.63, 3.8) is 0 Å². The number of benzene rings is 4. The van der Waals surface area contributed by atoms with Crippen LogP contribution in [-0.4, -0.2) is 84.9 Å². The lowest BCUT2D eigenvalue weighted by Gasteiger charge is -2.69. The molecule has 0 radical (unpaired) electrons. The highest BCUT2D eigenvalue weighted by molar-refractivity contribution is 6.20. The van der Waals surface area contributed by atoms with Crippen molar-refractivity contribution in [2.75, 3.05) is 41.8 Å². The van der Waals surface area contributed by atoms with Crippen molar-refractivity contribution in [3.05, 3.63) is 89.5 Å². The van der Waals surface area contributed by atoms with Gasteiger partial charge in [-0.05, 0) is 90.8 Å². The Labute approximate surface area is 376 Å². The molecule has 1 N–H and O–H groups in total. The molecule has 4 fully saturated rings. The molecule has 4 aromatic carbocycles. The number of amides is 2. The average molecular weight is 896 g/mol. The molecule has 7 unspecified atom stereocenters. The maximum atomic E-state index is 15.0. The van der Waals surface area contributed by atoms with Crippen molar-refractivity contribution in [1.29, 1.82) is 0 Å². The normalized spacial score (nSPS) is 29.1. The van der Waals surface area contributed by atoms with E-state index in [1.165, 1.54) is 21.0 Å². The number of rotatable bonds is 12. The van der Waals surface area contributed by atoms with Gasteiger partial charge in [0.15, 0.2) is 6.10 Å². The number of phenolic OH excluding ortho intramolecular Hbond substituents is 1. The molecule has 13 heteroatoms. The Hall–Kier alpha value is -4.97. The number of halogens is 2. The third-order valence-corrected chi connectivity index (χ3v) is 15.3. The molecule has 2 bridgehead atoms. The number of allylic oxidation sites excluding steroid dienone is 1. The number of ether oxygens (including phenoxy) is 3. The molecule has 4 aromatic rings. The predicted molar refractivity (Wildman–Crippen MR) is 242 cm³/mol. The van der Waals surface area contributed by atoms with E-state index in [1.807, 2.05) is 66.4 Å². The number of alkyl halides is 2. The zero-order chi connectivity index (χ0) is 44.7. The molecular weight excluding hydrogens is 843 g/mol. The fraction of sp³-hybridized carbons (Fsp3) is 0.460. The van der Waals surface area contributed by atoms with Crippen LogP contribution in [0.5, 0.6) is 5.75 Å². The van der Waals surface area contributed by atoms with Gasteiger partial charge in [-0.3, -0.25) is 14.4 Å². The Bertz CT molecular complexity index is 2590. The van der Waals surface area contributed by atoms with Gasteiger partial charge < -0.3 is 33.9 Å². The van der Waals surface area contributed by atoms with Crippen LogP contribution >= 0.6 is 23.2 Å². The minimum absolute atomic E-state index is 0.0260. The first-order valence-electron chi connectivity index (χ1n) is 21.7. The van der Waals surface area contributed by atoms with Crippen LogP contribution in [0.1, 0.15) is 81.4 Å². The summed E-state index contributed by atoms with van der Waals surface area (Å²) in [5, 5.41) is 14.5. The Balaban J connectivity index is 1.03. The summed E-state index contributed by atoms with van der Waals surface area (Å²) in [5.41, 5.74) is 3.76. The number of carbonyl (C=O) groups is 5. The Morgan fingerprint density at radius 3 is 1.81 bits per heavy atom. The summed E-state index contributed by atoms with van der Waals surface area (Å²) in [6.45, 7) is 9.62. The van der Waals surface area contributed by atoms with E-state index in [0.29, 0.717) is 62.6 Å². The third-order valence-electron chi connectivity index (χ3n) is 14.5. The first-order chi connectivity index (χ1) is 30.1. The first-order valence-corrected chi connectivity index (χ1v) is 22.8. The summed E-state index contributed by atoms with van der Waals surface area (Å²) in [6.07, 6.45) is -0.844. The predicted octanol–water partition coefficient (Wildman–Crippen LogP) is 8.50. The lowest BCUT2D eigenvalue weighted by molar-refractivity contribution is -0.211. The van der Waals surface area contributed by atoms with Crippen molar-refractivity contribution in [2.45, 2.75) is 89.4 Å². The zero-order valence-corrected chi connectivity index (χ0v) is 37.5. The van der Waals surface area contributed by atoms with E-state index >= 15 is 0 Å². The fourth-order valence-electron chi connectivity index (χ4n) is 12.0. The van der Waals surface area contributed by atoms with Gasteiger partial charge in [-0.25, -0.2) is 4.79 Å². The van der Waals surface area contributed by atoms with E-state index in [1.54, 1.807) is 11.0 Å². The van der Waals surface area contributed by atoms with Crippen molar-refractivity contribution < 1.29 is 43.3 Å². The number of fused-ring (bicyclic) bond motifs is 6. The van der Waals surface area contributed by atoms with Gasteiger partial charge in [0.2, 0.25) is 11.8 Å². The molecule has 330 valence electrons. The molecule has 6 aliphatic rings. The molecule has 0 aromatic heterocycles. The Kier molecular flexibility index (Phi) is 11.2. The van der Waals surface area contributed by atoms with Crippen molar-refractivity contribution in [1.82, 2.24) is 0 Å². The maximum absolute atomic E-state index is 15.0. The highest BCUT2D eigenvalue weighted by Crippen LogP contribution is 2.75. The SMILES string of the molecule is C=C(C)CC1C(Cc2cc3c(c4ccccc24)C(CCl)CN3C(=O)C23CC(C(=O)N4CC(CCl)c5c4cc(O)c4ccccc54)(C2)C3)OC(C(=O)OC)C(OC(C)=O)C1CC(C)=O. The molecule has 2 amide bonds. The molecule has 1 saturated heterocycles. The number of nitrogens with zero attached hydrogens (tertiary/aromatic N) is 2. The molecule has 63 heavy (non-hydrogen) atoms. The molecule has 7 atom stereocenters. The van der Waals surface area contributed by atoms with E-state index in [2.05, 4.69) is 6.58 Å². The van der Waals surface area contributed by atoms with Gasteiger partial charge in [-0.2, -0.15) is 0 Å². The van der Waals surface area contributed by atoms with Crippen LogP contribution in [0.15, 0.2) is 72.8 Å². The smallest absolute Gasteiger partial charge is 0.338 e. The van der Waals surface area contributed by atoms with Crippen LogP contribution in [0.2, 0.25) is 0 Å². The van der Waals surface area contributed by atoms with E-state index < -0.39 is 47.0 Å². The summed E-state index contributed by atoms with van der Waals surface area (Å²) in [6, 6.07) is 19.4. The summed E-state index contributed by atoms with van der Waals surface area (Å²) in [7, 11) is 1.25. The van der Waals surface area contributed by atoms with Crippen LogP contribution in [0.3, 0.4) is 0 Å². The van der Waals surface area contributed by atoms with Crippen molar-refractivity contribution >= 4 is 85.7 Å². The van der Waals surface area contributed by atoms with Gasteiger partial charge in [-0.15, -0.1) is 29.8 Å². The van der Waals surface area contributed by atoms with Gasteiger partial charge in [0.05, 0.1) is 29.7 Å². The minimum Gasteiger partial charge on any atom is -0.507 e. The lowest BCUT2D eigenvalue weighted by Crippen LogP contribution is -2.73. The summed E-state index contributed by atoms with van der Waals surface area (Å²) in [4.78, 5) is 71.7. The van der Waals surface area contributed by atoms with Crippen molar-refractivity contribution in [2.24, 2.45) is 22.7 Å². The molecule has 3 aliphatic carbocycles. The number of carbonyl (C=O) groups excluding carboxylic acids is 5. The van der Waals surface area contributed by atoms with Crippen LogP contribution in [0, 0.1) is 22.7 Å². The molecule has 11 nitrogen and oxygen atoms in total. The first kappa shape index (κ1) is 43.3. The number of ketones is 1. The quantitative estimate of drug-likeness (QED) is 0.0843. The van der Waals surface area contributed by atoms with Gasteiger partial charge in [-0.1, -0.05) is 54.1 Å². The van der Waals surface area contributed by atoms with E-state index in [-0.39, 0.29) is 47.5 Å². The summed E-state index contributed by atoms with van der Waals surface area (Å²) in [5.74, 6) is -1.90. The van der Waals surface area contributed by atoms with Crippen molar-refractivity contribution in [3.8, 4) is 5.75 Å². The number of methoxy groups -OCH3 is 1. The summed E-state index contributed by atoms with van der Waals surface area (Å²) < 4.78 is 17.5. The third kappa shape index (κ3) is 7.00. The zero-order valence-electron chi connectivity index (χ0n) is 36.0. The van der Waals surface area contributed by atoms with Gasteiger partial charge in [0, 0.05) is 73.1 Å². The second kappa shape index (κ2) is 16.2. The number of hydrogen-bond acceptors (Lipinski definition) is 9. The largest absolute Gasteiger partial charge is 0.507 e. The summed E-state index contributed by atoms with van der Waals surface area (Å²) >= 11 is 13.2.